The fourth-order valence-corrected chi connectivity index (χ4v) is 2.81. The monoisotopic (exact) mass is 312 g/mol. The standard InChI is InChI=1S/C14H24N4O4/c19-10-9-17-5-7-18(8-6-17)14(22)13(21)16-12(20)11-1-3-15-4-2-11/h11,15,19H,1-10H2,(H,16,20,21). The molecular weight excluding hydrogens is 288 g/mol. The van der Waals surface area contributed by atoms with E-state index in [4.69, 9.17) is 5.11 Å². The number of aliphatic hydroxyl groups excluding tert-OH is 1. The van der Waals surface area contributed by atoms with Gasteiger partial charge in [0.15, 0.2) is 0 Å². The van der Waals surface area contributed by atoms with Crippen LogP contribution in [-0.2, 0) is 14.4 Å². The number of imide groups is 1. The molecule has 0 spiro atoms. The van der Waals surface area contributed by atoms with E-state index >= 15 is 0 Å². The average Bonchev–Trinajstić information content (AvgIpc) is 2.56. The lowest BCUT2D eigenvalue weighted by Crippen LogP contribution is -2.54. The summed E-state index contributed by atoms with van der Waals surface area (Å²) in [5, 5.41) is 14.3. The molecule has 2 aliphatic heterocycles. The Kier molecular flexibility index (Phi) is 6.29. The number of β-amino-alcohol motifs (C(OH)–C–C–N with tert-alkyl or cyclic N) is 1. The van der Waals surface area contributed by atoms with Gasteiger partial charge in [-0.1, -0.05) is 0 Å². The number of rotatable bonds is 3. The van der Waals surface area contributed by atoms with E-state index in [1.54, 1.807) is 0 Å². The van der Waals surface area contributed by atoms with Crippen molar-refractivity contribution in [2.75, 3.05) is 52.4 Å². The first-order valence-electron chi connectivity index (χ1n) is 7.80. The summed E-state index contributed by atoms with van der Waals surface area (Å²) >= 11 is 0. The number of nitrogens with one attached hydrogen (secondary N) is 2. The number of aliphatic hydroxyl groups is 1. The molecule has 2 rings (SSSR count). The van der Waals surface area contributed by atoms with Gasteiger partial charge >= 0.3 is 11.8 Å². The quantitative estimate of drug-likeness (QED) is 0.510. The van der Waals surface area contributed by atoms with Crippen LogP contribution in [0.3, 0.4) is 0 Å². The maximum atomic E-state index is 12.1. The van der Waals surface area contributed by atoms with Crippen molar-refractivity contribution < 1.29 is 19.5 Å². The van der Waals surface area contributed by atoms with Gasteiger partial charge in [0, 0.05) is 38.6 Å². The molecule has 0 aromatic carbocycles. The Morgan fingerprint density at radius 2 is 1.73 bits per heavy atom. The number of carbonyl (C=O) groups excluding carboxylic acids is 3. The smallest absolute Gasteiger partial charge is 0.316 e. The molecular formula is C14H24N4O4. The summed E-state index contributed by atoms with van der Waals surface area (Å²) in [6.45, 7) is 4.30. The predicted molar refractivity (Wildman–Crippen MR) is 78.8 cm³/mol. The van der Waals surface area contributed by atoms with Crippen LogP contribution < -0.4 is 10.6 Å². The van der Waals surface area contributed by atoms with Crippen molar-refractivity contribution in [1.82, 2.24) is 20.4 Å². The molecule has 2 heterocycles. The number of hydrogen-bond acceptors (Lipinski definition) is 6. The van der Waals surface area contributed by atoms with E-state index < -0.39 is 11.8 Å². The van der Waals surface area contributed by atoms with Crippen molar-refractivity contribution >= 4 is 17.7 Å². The van der Waals surface area contributed by atoms with Crippen LogP contribution in [0.5, 0.6) is 0 Å². The molecule has 8 heteroatoms. The summed E-state index contributed by atoms with van der Waals surface area (Å²) in [7, 11) is 0. The van der Waals surface area contributed by atoms with Crippen LogP contribution in [0.4, 0.5) is 0 Å². The van der Waals surface area contributed by atoms with Gasteiger partial charge in [0.25, 0.3) is 0 Å². The topological polar surface area (TPSA) is 102 Å². The third kappa shape index (κ3) is 4.49. The summed E-state index contributed by atoms with van der Waals surface area (Å²) < 4.78 is 0. The molecule has 2 aliphatic rings. The Bertz CT molecular complexity index is 415. The van der Waals surface area contributed by atoms with E-state index in [1.807, 2.05) is 4.90 Å². The summed E-state index contributed by atoms with van der Waals surface area (Å²) in [5.74, 6) is -2.02. The van der Waals surface area contributed by atoms with Crippen LogP contribution in [0, 0.1) is 5.92 Å². The Balaban J connectivity index is 1.77. The average molecular weight is 312 g/mol. The maximum absolute atomic E-state index is 12.1. The molecule has 0 aromatic heterocycles. The predicted octanol–water partition coefficient (Wildman–Crippen LogP) is -2.23. The Hall–Kier alpha value is -1.51. The van der Waals surface area contributed by atoms with Gasteiger partial charge in [-0.25, -0.2) is 0 Å². The molecule has 0 radical (unpaired) electrons. The molecule has 2 saturated heterocycles. The zero-order chi connectivity index (χ0) is 15.9. The van der Waals surface area contributed by atoms with Crippen LogP contribution in [0.2, 0.25) is 0 Å². The highest BCUT2D eigenvalue weighted by atomic mass is 16.3. The highest BCUT2D eigenvalue weighted by molar-refractivity contribution is 6.37. The molecule has 0 aliphatic carbocycles. The molecule has 0 aromatic rings. The third-order valence-electron chi connectivity index (χ3n) is 4.22. The van der Waals surface area contributed by atoms with Crippen LogP contribution in [0.25, 0.3) is 0 Å². The van der Waals surface area contributed by atoms with Crippen molar-refractivity contribution in [3.8, 4) is 0 Å². The maximum Gasteiger partial charge on any atom is 0.316 e. The Labute approximate surface area is 129 Å². The molecule has 0 unspecified atom stereocenters. The molecule has 3 amide bonds. The second-order valence-corrected chi connectivity index (χ2v) is 5.70. The normalized spacial score (nSPS) is 20.7. The van der Waals surface area contributed by atoms with Crippen LogP contribution in [-0.4, -0.2) is 85.0 Å². The summed E-state index contributed by atoms with van der Waals surface area (Å²) in [6.07, 6.45) is 1.38. The molecule has 0 bridgehead atoms. The molecule has 2 fully saturated rings. The van der Waals surface area contributed by atoms with E-state index in [2.05, 4.69) is 10.6 Å². The molecule has 3 N–H and O–H groups in total. The van der Waals surface area contributed by atoms with Crippen LogP contribution in [0.1, 0.15) is 12.8 Å². The van der Waals surface area contributed by atoms with Gasteiger partial charge < -0.3 is 15.3 Å². The van der Waals surface area contributed by atoms with Crippen molar-refractivity contribution in [1.29, 1.82) is 0 Å². The van der Waals surface area contributed by atoms with Gasteiger partial charge in [-0.3, -0.25) is 24.6 Å². The lowest BCUT2D eigenvalue weighted by Gasteiger charge is -2.33. The zero-order valence-electron chi connectivity index (χ0n) is 12.7. The Morgan fingerprint density at radius 1 is 1.09 bits per heavy atom. The van der Waals surface area contributed by atoms with Crippen molar-refractivity contribution in [2.45, 2.75) is 12.8 Å². The second kappa shape index (κ2) is 8.21. The first-order chi connectivity index (χ1) is 10.6. The van der Waals surface area contributed by atoms with Gasteiger partial charge in [0.2, 0.25) is 5.91 Å². The minimum Gasteiger partial charge on any atom is -0.395 e. The van der Waals surface area contributed by atoms with E-state index in [9.17, 15) is 14.4 Å². The van der Waals surface area contributed by atoms with E-state index in [-0.39, 0.29) is 18.4 Å². The molecule has 124 valence electrons. The van der Waals surface area contributed by atoms with Gasteiger partial charge in [-0.2, -0.15) is 0 Å². The lowest BCUT2D eigenvalue weighted by atomic mass is 9.97. The molecule has 0 atom stereocenters. The summed E-state index contributed by atoms with van der Waals surface area (Å²) in [4.78, 5) is 39.4. The fourth-order valence-electron chi connectivity index (χ4n) is 2.81. The summed E-state index contributed by atoms with van der Waals surface area (Å²) in [6, 6.07) is 0. The van der Waals surface area contributed by atoms with Crippen molar-refractivity contribution in [3.05, 3.63) is 0 Å². The zero-order valence-corrected chi connectivity index (χ0v) is 12.7. The SMILES string of the molecule is O=C(NC(=O)C1CCNCC1)C(=O)N1CCN(CCO)CC1. The minimum absolute atomic E-state index is 0.0825. The minimum atomic E-state index is -0.834. The van der Waals surface area contributed by atoms with Gasteiger partial charge in [0.1, 0.15) is 0 Å². The Morgan fingerprint density at radius 3 is 2.32 bits per heavy atom. The summed E-state index contributed by atoms with van der Waals surface area (Å²) in [5.41, 5.74) is 0. The first-order valence-corrected chi connectivity index (χ1v) is 7.80. The van der Waals surface area contributed by atoms with E-state index in [1.165, 1.54) is 4.90 Å². The third-order valence-corrected chi connectivity index (χ3v) is 4.22. The van der Waals surface area contributed by atoms with Gasteiger partial charge in [-0.05, 0) is 25.9 Å². The number of piperidine rings is 1. The molecule has 0 saturated carbocycles. The number of hydrogen-bond donors (Lipinski definition) is 3. The van der Waals surface area contributed by atoms with Crippen molar-refractivity contribution in [3.63, 3.8) is 0 Å². The number of piperazine rings is 1. The fraction of sp³-hybridized carbons (Fsp3) is 0.786. The van der Waals surface area contributed by atoms with E-state index in [0.29, 0.717) is 45.6 Å². The number of amides is 3. The molecule has 8 nitrogen and oxygen atoms in total. The van der Waals surface area contributed by atoms with Gasteiger partial charge in [-0.15, -0.1) is 0 Å². The lowest BCUT2D eigenvalue weighted by molar-refractivity contribution is -0.149. The highest BCUT2D eigenvalue weighted by Gasteiger charge is 2.29. The van der Waals surface area contributed by atoms with Crippen LogP contribution in [0.15, 0.2) is 0 Å². The van der Waals surface area contributed by atoms with E-state index in [0.717, 1.165) is 13.1 Å². The molecule has 22 heavy (non-hydrogen) atoms. The first kappa shape index (κ1) is 16.9. The number of carbonyl (C=O) groups is 3. The second-order valence-electron chi connectivity index (χ2n) is 5.70. The largest absolute Gasteiger partial charge is 0.395 e. The van der Waals surface area contributed by atoms with Crippen molar-refractivity contribution in [2.24, 2.45) is 5.92 Å². The van der Waals surface area contributed by atoms with Gasteiger partial charge in [0.05, 0.1) is 6.61 Å². The highest BCUT2D eigenvalue weighted by Crippen LogP contribution is 2.11. The van der Waals surface area contributed by atoms with Crippen LogP contribution >= 0.6 is 0 Å². The number of nitrogens with zero attached hydrogens (tertiary/aromatic N) is 2.